The number of rotatable bonds is 7. The van der Waals surface area contributed by atoms with Gasteiger partial charge in [0.25, 0.3) is 5.91 Å². The Kier molecular flexibility index (Phi) is 7.69. The molecule has 30 heavy (non-hydrogen) atoms. The van der Waals surface area contributed by atoms with Crippen LogP contribution in [0.4, 0.5) is 5.13 Å². The van der Waals surface area contributed by atoms with E-state index in [9.17, 15) is 9.59 Å². The summed E-state index contributed by atoms with van der Waals surface area (Å²) in [5, 5.41) is 3.81. The highest BCUT2D eigenvalue weighted by atomic mass is 127. The van der Waals surface area contributed by atoms with Crippen LogP contribution in [-0.4, -0.2) is 65.8 Å². The number of piperidine rings is 1. The molecule has 0 aliphatic carbocycles. The molecule has 2 N–H and O–H groups in total. The average Bonchev–Trinajstić information content (AvgIpc) is 3.31. The van der Waals surface area contributed by atoms with Crippen LogP contribution in [0.2, 0.25) is 0 Å². The van der Waals surface area contributed by atoms with Crippen LogP contribution >= 0.6 is 33.9 Å². The van der Waals surface area contributed by atoms with E-state index in [2.05, 4.69) is 47.8 Å². The molecule has 0 spiro atoms. The molecule has 3 rings (SSSR count). The Balaban J connectivity index is 1.67. The standard InChI is InChI=1S/C19H26IN5O4S/c1-5-11-15(20)24-16(22-11)17(26)23-12-7-8-25(9-13(12)28-4)19-21-10(3)14(30-19)18(27)29-6-2/h12-13H,5-9H2,1-4H3,(H,22,24)(H,23,26). The maximum Gasteiger partial charge on any atom is 0.350 e. The molecule has 1 aliphatic rings. The summed E-state index contributed by atoms with van der Waals surface area (Å²) in [6, 6.07) is -0.142. The summed E-state index contributed by atoms with van der Waals surface area (Å²) < 4.78 is 11.6. The summed E-state index contributed by atoms with van der Waals surface area (Å²) in [5.74, 6) is -0.255. The van der Waals surface area contributed by atoms with Gasteiger partial charge in [0.2, 0.25) is 0 Å². The largest absolute Gasteiger partial charge is 0.462 e. The molecule has 11 heteroatoms. The molecule has 1 fully saturated rings. The van der Waals surface area contributed by atoms with Gasteiger partial charge in [0, 0.05) is 25.9 Å². The van der Waals surface area contributed by atoms with Crippen LogP contribution < -0.4 is 10.2 Å². The molecule has 0 radical (unpaired) electrons. The number of halogens is 1. The number of ether oxygens (including phenoxy) is 2. The van der Waals surface area contributed by atoms with Crippen molar-refractivity contribution in [3.8, 4) is 0 Å². The third-order valence-corrected chi connectivity index (χ3v) is 7.08. The van der Waals surface area contributed by atoms with Gasteiger partial charge in [0.05, 0.1) is 24.4 Å². The normalized spacial score (nSPS) is 19.0. The molecular weight excluding hydrogens is 521 g/mol. The number of carbonyl (C=O) groups is 2. The zero-order valence-corrected chi connectivity index (χ0v) is 20.4. The number of anilines is 1. The molecule has 164 valence electrons. The molecule has 2 aromatic rings. The minimum Gasteiger partial charge on any atom is -0.462 e. The van der Waals surface area contributed by atoms with Gasteiger partial charge in [-0.05, 0) is 49.3 Å². The molecule has 9 nitrogen and oxygen atoms in total. The van der Waals surface area contributed by atoms with Crippen molar-refractivity contribution >= 4 is 50.9 Å². The highest BCUT2D eigenvalue weighted by molar-refractivity contribution is 14.1. The number of imidazole rings is 1. The van der Waals surface area contributed by atoms with E-state index in [1.807, 2.05) is 13.8 Å². The van der Waals surface area contributed by atoms with Gasteiger partial charge in [-0.2, -0.15) is 0 Å². The number of hydrogen-bond donors (Lipinski definition) is 2. The van der Waals surface area contributed by atoms with Crippen molar-refractivity contribution < 1.29 is 19.1 Å². The summed E-state index contributed by atoms with van der Waals surface area (Å²) in [6.45, 7) is 7.19. The zero-order chi connectivity index (χ0) is 21.8. The Bertz CT molecular complexity index is 915. The van der Waals surface area contributed by atoms with Gasteiger partial charge in [0.15, 0.2) is 11.0 Å². The summed E-state index contributed by atoms with van der Waals surface area (Å²) in [4.78, 5) is 39.3. The SMILES string of the molecule is CCOC(=O)c1sc(N2CCC(NC(=O)c3nc(I)c(CC)[nH]3)C(OC)C2)nc1C. The number of amides is 1. The molecule has 0 bridgehead atoms. The van der Waals surface area contributed by atoms with Gasteiger partial charge in [0.1, 0.15) is 8.58 Å². The number of aromatic amines is 1. The van der Waals surface area contributed by atoms with Gasteiger partial charge < -0.3 is 24.7 Å². The Hall–Kier alpha value is -1.73. The van der Waals surface area contributed by atoms with E-state index < -0.39 is 0 Å². The lowest BCUT2D eigenvalue weighted by atomic mass is 10.0. The van der Waals surface area contributed by atoms with E-state index >= 15 is 0 Å². The summed E-state index contributed by atoms with van der Waals surface area (Å²) in [5.41, 5.74) is 1.62. The summed E-state index contributed by atoms with van der Waals surface area (Å²) in [6.07, 6.45) is 1.27. The van der Waals surface area contributed by atoms with Crippen molar-refractivity contribution in [2.75, 3.05) is 31.7 Å². The fourth-order valence-corrected chi connectivity index (χ4v) is 5.12. The van der Waals surface area contributed by atoms with E-state index in [4.69, 9.17) is 9.47 Å². The van der Waals surface area contributed by atoms with E-state index in [-0.39, 0.29) is 24.0 Å². The van der Waals surface area contributed by atoms with E-state index in [1.165, 1.54) is 11.3 Å². The molecule has 2 unspecified atom stereocenters. The first-order valence-electron chi connectivity index (χ1n) is 9.85. The number of carbonyl (C=O) groups excluding carboxylic acids is 2. The monoisotopic (exact) mass is 547 g/mol. The van der Waals surface area contributed by atoms with Crippen LogP contribution in [0.25, 0.3) is 0 Å². The van der Waals surface area contributed by atoms with E-state index in [0.717, 1.165) is 20.9 Å². The number of esters is 1. The lowest BCUT2D eigenvalue weighted by Gasteiger charge is -2.37. The number of methoxy groups -OCH3 is 1. The summed E-state index contributed by atoms with van der Waals surface area (Å²) in [7, 11) is 1.63. The second-order valence-corrected chi connectivity index (χ2v) is 8.93. The molecule has 2 aromatic heterocycles. The summed E-state index contributed by atoms with van der Waals surface area (Å²) >= 11 is 3.45. The van der Waals surface area contributed by atoms with Gasteiger partial charge in [-0.15, -0.1) is 0 Å². The van der Waals surface area contributed by atoms with Gasteiger partial charge in [-0.3, -0.25) is 4.79 Å². The lowest BCUT2D eigenvalue weighted by molar-refractivity contribution is 0.0530. The zero-order valence-electron chi connectivity index (χ0n) is 17.5. The van der Waals surface area contributed by atoms with Crippen molar-refractivity contribution in [2.24, 2.45) is 0 Å². The smallest absolute Gasteiger partial charge is 0.350 e. The van der Waals surface area contributed by atoms with E-state index in [1.54, 1.807) is 14.0 Å². The van der Waals surface area contributed by atoms with Crippen LogP contribution in [0, 0.1) is 10.6 Å². The Morgan fingerprint density at radius 1 is 1.37 bits per heavy atom. The molecule has 1 aliphatic heterocycles. The number of hydrogen-bond acceptors (Lipinski definition) is 8. The number of thiazole rings is 1. The fourth-order valence-electron chi connectivity index (χ4n) is 3.36. The Morgan fingerprint density at radius 3 is 2.77 bits per heavy atom. The minimum absolute atomic E-state index is 0.142. The number of aromatic nitrogens is 3. The van der Waals surface area contributed by atoms with Crippen LogP contribution in [0.3, 0.4) is 0 Å². The second kappa shape index (κ2) is 10.1. The van der Waals surface area contributed by atoms with Crippen molar-refractivity contribution in [2.45, 2.75) is 45.8 Å². The molecule has 0 aromatic carbocycles. The first-order valence-corrected chi connectivity index (χ1v) is 11.7. The number of H-pyrrole nitrogens is 1. The molecule has 0 saturated carbocycles. The Labute approximate surface area is 193 Å². The first kappa shape index (κ1) is 22.9. The third kappa shape index (κ3) is 4.94. The minimum atomic E-state index is -0.344. The quantitative estimate of drug-likeness (QED) is 0.405. The van der Waals surface area contributed by atoms with Gasteiger partial charge in [-0.25, -0.2) is 14.8 Å². The number of nitrogens with one attached hydrogen (secondary N) is 2. The van der Waals surface area contributed by atoms with Crippen molar-refractivity contribution in [1.29, 1.82) is 0 Å². The topological polar surface area (TPSA) is 109 Å². The molecule has 1 amide bonds. The molecule has 3 heterocycles. The first-order chi connectivity index (χ1) is 14.4. The van der Waals surface area contributed by atoms with Gasteiger partial charge >= 0.3 is 5.97 Å². The maximum atomic E-state index is 12.7. The second-order valence-electron chi connectivity index (χ2n) is 6.93. The van der Waals surface area contributed by atoms with Crippen LogP contribution in [0.15, 0.2) is 0 Å². The predicted molar refractivity (Wildman–Crippen MR) is 122 cm³/mol. The Morgan fingerprint density at radius 2 is 2.13 bits per heavy atom. The highest BCUT2D eigenvalue weighted by Gasteiger charge is 2.33. The van der Waals surface area contributed by atoms with Crippen molar-refractivity contribution in [1.82, 2.24) is 20.3 Å². The average molecular weight is 547 g/mol. The van der Waals surface area contributed by atoms with Crippen LogP contribution in [0.5, 0.6) is 0 Å². The molecular formula is C19H26IN5O4S. The van der Waals surface area contributed by atoms with Crippen LogP contribution in [-0.2, 0) is 15.9 Å². The molecule has 2 atom stereocenters. The van der Waals surface area contributed by atoms with E-state index in [0.29, 0.717) is 42.5 Å². The third-order valence-electron chi connectivity index (χ3n) is 4.99. The van der Waals surface area contributed by atoms with Crippen LogP contribution in [0.1, 0.15) is 51.9 Å². The number of nitrogens with zero attached hydrogens (tertiary/aromatic N) is 3. The highest BCUT2D eigenvalue weighted by Crippen LogP contribution is 2.29. The maximum absolute atomic E-state index is 12.7. The predicted octanol–water partition coefficient (Wildman–Crippen LogP) is 2.54. The fraction of sp³-hybridized carbons (Fsp3) is 0.579. The molecule has 1 saturated heterocycles. The van der Waals surface area contributed by atoms with Gasteiger partial charge in [-0.1, -0.05) is 18.3 Å². The van der Waals surface area contributed by atoms with Crippen molar-refractivity contribution in [3.63, 3.8) is 0 Å². The lowest BCUT2D eigenvalue weighted by Crippen LogP contribution is -2.55. The number of aryl methyl sites for hydroxylation is 2. The van der Waals surface area contributed by atoms with Crippen molar-refractivity contribution in [3.05, 3.63) is 25.8 Å².